The van der Waals surface area contributed by atoms with Crippen LogP contribution in [0.3, 0.4) is 0 Å². The van der Waals surface area contributed by atoms with Gasteiger partial charge in [0.1, 0.15) is 18.5 Å². The summed E-state index contributed by atoms with van der Waals surface area (Å²) in [6, 6.07) is 9.55. The number of carbonyl (C=O) groups is 1. The van der Waals surface area contributed by atoms with Crippen LogP contribution < -0.4 is 4.74 Å². The monoisotopic (exact) mass is 265 g/mol. The Morgan fingerprint density at radius 1 is 1.21 bits per heavy atom. The molecule has 0 aliphatic heterocycles. The first-order valence-corrected chi connectivity index (χ1v) is 6.73. The van der Waals surface area contributed by atoms with Crippen LogP contribution in [0.1, 0.15) is 20.8 Å². The van der Waals surface area contributed by atoms with E-state index in [1.165, 1.54) is 6.92 Å². The van der Waals surface area contributed by atoms with Crippen LogP contribution in [0.4, 0.5) is 0 Å². The highest BCUT2D eigenvalue weighted by Crippen LogP contribution is 2.10. The van der Waals surface area contributed by atoms with Crippen LogP contribution in [-0.2, 0) is 9.53 Å². The van der Waals surface area contributed by atoms with E-state index in [0.717, 1.165) is 18.8 Å². The zero-order chi connectivity index (χ0) is 14.1. The quantitative estimate of drug-likeness (QED) is 0.676. The van der Waals surface area contributed by atoms with Gasteiger partial charge < -0.3 is 14.4 Å². The minimum Gasteiger partial charge on any atom is -0.490 e. The van der Waals surface area contributed by atoms with Gasteiger partial charge in [0, 0.05) is 13.5 Å². The molecule has 4 nitrogen and oxygen atoms in total. The molecular weight excluding hydrogens is 242 g/mol. The predicted octanol–water partition coefficient (Wildman–Crippen LogP) is 2.34. The number of likely N-dealkylation sites (N-methyl/N-ethyl adjacent to an activating group) is 1. The van der Waals surface area contributed by atoms with Crippen LogP contribution in [0.25, 0.3) is 0 Å². The Kier molecular flexibility index (Phi) is 6.97. The third-order valence-corrected chi connectivity index (χ3v) is 2.87. The third kappa shape index (κ3) is 6.25. The fourth-order valence-electron chi connectivity index (χ4n) is 1.83. The summed E-state index contributed by atoms with van der Waals surface area (Å²) < 4.78 is 11.0. The molecule has 1 rings (SSSR count). The lowest BCUT2D eigenvalue weighted by Gasteiger charge is -2.25. The molecule has 0 fully saturated rings. The molecule has 0 spiro atoms. The van der Waals surface area contributed by atoms with Crippen molar-refractivity contribution < 1.29 is 14.3 Å². The van der Waals surface area contributed by atoms with E-state index in [9.17, 15) is 4.79 Å². The van der Waals surface area contributed by atoms with Gasteiger partial charge in [0.25, 0.3) is 0 Å². The molecule has 1 aromatic rings. The fourth-order valence-corrected chi connectivity index (χ4v) is 1.83. The molecule has 0 aliphatic rings. The van der Waals surface area contributed by atoms with Gasteiger partial charge in [-0.15, -0.1) is 0 Å². The standard InChI is InChI=1S/C15H23NO3/c1-4-16(5-2)11-15(19-13(3)17)12-18-14-9-7-6-8-10-14/h6-10,15H,4-5,11-12H2,1-3H3. The Labute approximate surface area is 115 Å². The average molecular weight is 265 g/mol. The minimum atomic E-state index is -0.270. The van der Waals surface area contributed by atoms with Crippen molar-refractivity contribution in [2.45, 2.75) is 26.9 Å². The van der Waals surface area contributed by atoms with Gasteiger partial charge in [-0.1, -0.05) is 32.0 Å². The number of para-hydroxylation sites is 1. The summed E-state index contributed by atoms with van der Waals surface area (Å²) in [6.07, 6.45) is -0.238. The zero-order valence-corrected chi connectivity index (χ0v) is 12.0. The Morgan fingerprint density at radius 3 is 2.37 bits per heavy atom. The summed E-state index contributed by atoms with van der Waals surface area (Å²) in [5, 5.41) is 0. The molecule has 1 atom stereocenters. The van der Waals surface area contributed by atoms with E-state index >= 15 is 0 Å². The van der Waals surface area contributed by atoms with Crippen LogP contribution in [0.15, 0.2) is 30.3 Å². The van der Waals surface area contributed by atoms with E-state index in [2.05, 4.69) is 18.7 Å². The van der Waals surface area contributed by atoms with Gasteiger partial charge in [0.2, 0.25) is 0 Å². The minimum absolute atomic E-state index is 0.238. The molecule has 0 aliphatic carbocycles. The van der Waals surface area contributed by atoms with Crippen LogP contribution in [-0.4, -0.2) is 43.2 Å². The molecule has 0 radical (unpaired) electrons. The first kappa shape index (κ1) is 15.5. The van der Waals surface area contributed by atoms with Crippen molar-refractivity contribution in [2.75, 3.05) is 26.2 Å². The van der Waals surface area contributed by atoms with Crippen molar-refractivity contribution >= 4 is 5.97 Å². The summed E-state index contributed by atoms with van der Waals surface area (Å²) >= 11 is 0. The molecule has 0 bridgehead atoms. The average Bonchev–Trinajstić information content (AvgIpc) is 2.42. The number of nitrogens with zero attached hydrogens (tertiary/aromatic N) is 1. The molecule has 19 heavy (non-hydrogen) atoms. The Bertz CT molecular complexity index is 363. The van der Waals surface area contributed by atoms with E-state index in [0.29, 0.717) is 13.2 Å². The summed E-state index contributed by atoms with van der Waals surface area (Å²) in [6.45, 7) is 8.54. The second kappa shape index (κ2) is 8.53. The molecule has 0 heterocycles. The van der Waals surface area contributed by atoms with Crippen LogP contribution in [0, 0.1) is 0 Å². The Balaban J connectivity index is 2.51. The molecule has 0 amide bonds. The number of ether oxygens (including phenoxy) is 2. The van der Waals surface area contributed by atoms with Gasteiger partial charge in [-0.25, -0.2) is 0 Å². The van der Waals surface area contributed by atoms with Crippen molar-refractivity contribution in [1.82, 2.24) is 4.90 Å². The van der Waals surface area contributed by atoms with Gasteiger partial charge in [0.05, 0.1) is 0 Å². The van der Waals surface area contributed by atoms with E-state index in [1.54, 1.807) is 0 Å². The van der Waals surface area contributed by atoms with Gasteiger partial charge in [-0.3, -0.25) is 4.79 Å². The van der Waals surface area contributed by atoms with Gasteiger partial charge >= 0.3 is 5.97 Å². The molecule has 0 N–H and O–H groups in total. The number of carbonyl (C=O) groups excluding carboxylic acids is 1. The van der Waals surface area contributed by atoms with Crippen LogP contribution >= 0.6 is 0 Å². The maximum absolute atomic E-state index is 11.1. The largest absolute Gasteiger partial charge is 0.490 e. The predicted molar refractivity (Wildman–Crippen MR) is 75.3 cm³/mol. The molecule has 0 saturated carbocycles. The van der Waals surface area contributed by atoms with Crippen molar-refractivity contribution in [1.29, 1.82) is 0 Å². The first-order valence-electron chi connectivity index (χ1n) is 6.73. The van der Waals surface area contributed by atoms with Gasteiger partial charge in [-0.05, 0) is 25.2 Å². The molecule has 0 aromatic heterocycles. The topological polar surface area (TPSA) is 38.8 Å². The lowest BCUT2D eigenvalue weighted by atomic mass is 10.3. The first-order chi connectivity index (χ1) is 9.15. The summed E-state index contributed by atoms with van der Waals surface area (Å²) in [7, 11) is 0. The maximum Gasteiger partial charge on any atom is 0.303 e. The van der Waals surface area contributed by atoms with Gasteiger partial charge in [-0.2, -0.15) is 0 Å². The number of rotatable bonds is 8. The lowest BCUT2D eigenvalue weighted by Crippen LogP contribution is -2.38. The highest BCUT2D eigenvalue weighted by molar-refractivity contribution is 5.66. The second-order valence-corrected chi connectivity index (χ2v) is 4.34. The number of esters is 1. The van der Waals surface area contributed by atoms with Gasteiger partial charge in [0.15, 0.2) is 0 Å². The van der Waals surface area contributed by atoms with Crippen molar-refractivity contribution in [3.05, 3.63) is 30.3 Å². The van der Waals surface area contributed by atoms with Crippen molar-refractivity contribution in [3.63, 3.8) is 0 Å². The molecule has 1 aromatic carbocycles. The summed E-state index contributed by atoms with van der Waals surface area (Å²) in [5.74, 6) is 0.521. The number of hydrogen-bond donors (Lipinski definition) is 0. The van der Waals surface area contributed by atoms with Crippen LogP contribution in [0.2, 0.25) is 0 Å². The Morgan fingerprint density at radius 2 is 1.84 bits per heavy atom. The smallest absolute Gasteiger partial charge is 0.303 e. The molecule has 106 valence electrons. The second-order valence-electron chi connectivity index (χ2n) is 4.34. The van der Waals surface area contributed by atoms with E-state index in [4.69, 9.17) is 9.47 Å². The van der Waals surface area contributed by atoms with Crippen LogP contribution in [0.5, 0.6) is 5.75 Å². The molecular formula is C15H23NO3. The van der Waals surface area contributed by atoms with Crippen molar-refractivity contribution in [3.8, 4) is 5.75 Å². The molecule has 1 unspecified atom stereocenters. The number of hydrogen-bond acceptors (Lipinski definition) is 4. The highest BCUT2D eigenvalue weighted by atomic mass is 16.6. The lowest BCUT2D eigenvalue weighted by molar-refractivity contribution is -0.148. The maximum atomic E-state index is 11.1. The van der Waals surface area contributed by atoms with E-state index < -0.39 is 0 Å². The highest BCUT2D eigenvalue weighted by Gasteiger charge is 2.16. The third-order valence-electron chi connectivity index (χ3n) is 2.87. The normalized spacial score (nSPS) is 12.2. The van der Waals surface area contributed by atoms with Crippen molar-refractivity contribution in [2.24, 2.45) is 0 Å². The van der Waals surface area contributed by atoms with E-state index in [-0.39, 0.29) is 12.1 Å². The molecule has 4 heteroatoms. The molecule has 0 saturated heterocycles. The summed E-state index contributed by atoms with van der Waals surface area (Å²) in [4.78, 5) is 13.3. The number of benzene rings is 1. The van der Waals surface area contributed by atoms with E-state index in [1.807, 2.05) is 30.3 Å². The SMILES string of the molecule is CCN(CC)CC(COc1ccccc1)OC(C)=O. The Hall–Kier alpha value is -1.55. The fraction of sp³-hybridized carbons (Fsp3) is 0.533. The zero-order valence-electron chi connectivity index (χ0n) is 12.0. The summed E-state index contributed by atoms with van der Waals surface area (Å²) in [5.41, 5.74) is 0.